The van der Waals surface area contributed by atoms with Gasteiger partial charge in [-0.2, -0.15) is 0 Å². The number of aryl methyl sites for hydroxylation is 2. The van der Waals surface area contributed by atoms with Crippen LogP contribution in [-0.2, 0) is 4.79 Å². The Morgan fingerprint density at radius 3 is 2.25 bits per heavy atom. The van der Waals surface area contributed by atoms with Crippen LogP contribution in [0.25, 0.3) is 0 Å². The first kappa shape index (κ1) is 16.4. The second-order valence-electron chi connectivity index (χ2n) is 5.23. The van der Waals surface area contributed by atoms with Crippen molar-refractivity contribution in [1.82, 2.24) is 4.90 Å². The molecule has 1 amide bonds. The van der Waals surface area contributed by atoms with Gasteiger partial charge in [-0.3, -0.25) is 4.79 Å². The van der Waals surface area contributed by atoms with Gasteiger partial charge in [0.2, 0.25) is 5.91 Å². The zero-order chi connectivity index (χ0) is 15.3. The largest absolute Gasteiger partial charge is 0.393 e. The van der Waals surface area contributed by atoms with Gasteiger partial charge in [-0.15, -0.1) is 0 Å². The quantitative estimate of drug-likeness (QED) is 0.814. The molecule has 4 nitrogen and oxygen atoms in total. The number of amides is 1. The SMILES string of the molecule is Cc1cc(C)cc(N(C)CC(=O)N(C)CCC(N)=S)c1. The highest BCUT2D eigenvalue weighted by Gasteiger charge is 2.12. The first-order chi connectivity index (χ1) is 9.29. The Morgan fingerprint density at radius 2 is 1.75 bits per heavy atom. The number of carbonyl (C=O) groups is 1. The standard InChI is InChI=1S/C15H23N3OS/c1-11-7-12(2)9-13(8-11)18(4)10-15(19)17(3)6-5-14(16)20/h7-9H,5-6,10H2,1-4H3,(H2,16,20). The minimum absolute atomic E-state index is 0.0582. The van der Waals surface area contributed by atoms with Crippen molar-refractivity contribution in [3.8, 4) is 0 Å². The minimum Gasteiger partial charge on any atom is -0.393 e. The summed E-state index contributed by atoms with van der Waals surface area (Å²) in [6.07, 6.45) is 0.560. The number of benzene rings is 1. The van der Waals surface area contributed by atoms with E-state index in [1.54, 1.807) is 11.9 Å². The van der Waals surface area contributed by atoms with Gasteiger partial charge in [-0.05, 0) is 37.1 Å². The maximum absolute atomic E-state index is 12.1. The molecular formula is C15H23N3OS. The molecule has 20 heavy (non-hydrogen) atoms. The van der Waals surface area contributed by atoms with Crippen molar-refractivity contribution in [2.75, 3.05) is 32.1 Å². The Balaban J connectivity index is 2.62. The maximum Gasteiger partial charge on any atom is 0.241 e. The zero-order valence-electron chi connectivity index (χ0n) is 12.6. The van der Waals surface area contributed by atoms with E-state index in [1.807, 2.05) is 11.9 Å². The highest BCUT2D eigenvalue weighted by molar-refractivity contribution is 7.80. The topological polar surface area (TPSA) is 49.6 Å². The van der Waals surface area contributed by atoms with E-state index < -0.39 is 0 Å². The molecule has 0 aliphatic heterocycles. The zero-order valence-corrected chi connectivity index (χ0v) is 13.5. The van der Waals surface area contributed by atoms with Gasteiger partial charge < -0.3 is 15.5 Å². The van der Waals surface area contributed by atoms with Crippen molar-refractivity contribution in [3.63, 3.8) is 0 Å². The van der Waals surface area contributed by atoms with Crippen LogP contribution in [0.1, 0.15) is 17.5 Å². The molecule has 0 bridgehead atoms. The van der Waals surface area contributed by atoms with Crippen LogP contribution in [-0.4, -0.2) is 43.0 Å². The third-order valence-electron chi connectivity index (χ3n) is 3.14. The van der Waals surface area contributed by atoms with Crippen LogP contribution in [0.15, 0.2) is 18.2 Å². The Kier molecular flexibility index (Phi) is 5.95. The predicted molar refractivity (Wildman–Crippen MR) is 88.2 cm³/mol. The van der Waals surface area contributed by atoms with Gasteiger partial charge in [-0.1, -0.05) is 18.3 Å². The van der Waals surface area contributed by atoms with E-state index in [2.05, 4.69) is 32.0 Å². The van der Waals surface area contributed by atoms with Gasteiger partial charge in [0.1, 0.15) is 0 Å². The summed E-state index contributed by atoms with van der Waals surface area (Å²) >= 11 is 4.82. The predicted octanol–water partition coefficient (Wildman–Crippen LogP) is 1.87. The molecule has 0 aliphatic carbocycles. The highest BCUT2D eigenvalue weighted by atomic mass is 32.1. The smallest absolute Gasteiger partial charge is 0.241 e. The molecule has 0 heterocycles. The van der Waals surface area contributed by atoms with Crippen molar-refractivity contribution in [3.05, 3.63) is 29.3 Å². The Morgan fingerprint density at radius 1 is 1.20 bits per heavy atom. The number of anilines is 1. The van der Waals surface area contributed by atoms with Gasteiger partial charge in [-0.25, -0.2) is 0 Å². The van der Waals surface area contributed by atoms with Crippen molar-refractivity contribution < 1.29 is 4.79 Å². The van der Waals surface area contributed by atoms with Gasteiger partial charge in [0.05, 0.1) is 11.5 Å². The molecule has 1 aromatic carbocycles. The van der Waals surface area contributed by atoms with Gasteiger partial charge >= 0.3 is 0 Å². The Bertz CT molecular complexity index is 482. The molecule has 0 aliphatic rings. The number of thiocarbonyl (C=S) groups is 1. The fourth-order valence-electron chi connectivity index (χ4n) is 1.99. The molecule has 110 valence electrons. The van der Waals surface area contributed by atoms with Gasteiger partial charge in [0, 0.05) is 32.7 Å². The fourth-order valence-corrected chi connectivity index (χ4v) is 2.08. The van der Waals surface area contributed by atoms with Gasteiger partial charge in [0.25, 0.3) is 0 Å². The molecule has 0 saturated heterocycles. The molecule has 2 N–H and O–H groups in total. The number of rotatable bonds is 6. The van der Waals surface area contributed by atoms with E-state index in [0.717, 1.165) is 5.69 Å². The molecule has 0 saturated carbocycles. The molecule has 1 aromatic rings. The van der Waals surface area contributed by atoms with Crippen molar-refractivity contribution in [1.29, 1.82) is 0 Å². The summed E-state index contributed by atoms with van der Waals surface area (Å²) in [5, 5.41) is 0. The van der Waals surface area contributed by atoms with Gasteiger partial charge in [0.15, 0.2) is 0 Å². The summed E-state index contributed by atoms with van der Waals surface area (Å²) in [6.45, 7) is 5.02. The van der Waals surface area contributed by atoms with Crippen molar-refractivity contribution >= 4 is 28.8 Å². The lowest BCUT2D eigenvalue weighted by molar-refractivity contribution is -0.128. The molecule has 0 radical (unpaired) electrons. The summed E-state index contributed by atoms with van der Waals surface area (Å²) in [7, 11) is 3.70. The molecule has 0 unspecified atom stereocenters. The Labute approximate surface area is 126 Å². The van der Waals surface area contributed by atoms with Crippen LogP contribution >= 0.6 is 12.2 Å². The summed E-state index contributed by atoms with van der Waals surface area (Å²) in [5.41, 5.74) is 8.89. The monoisotopic (exact) mass is 293 g/mol. The first-order valence-electron chi connectivity index (χ1n) is 6.61. The van der Waals surface area contributed by atoms with E-state index in [1.165, 1.54) is 11.1 Å². The number of hydrogen-bond acceptors (Lipinski definition) is 3. The van der Waals surface area contributed by atoms with E-state index in [0.29, 0.717) is 24.5 Å². The molecule has 0 aromatic heterocycles. The number of likely N-dealkylation sites (N-methyl/N-ethyl adjacent to an activating group) is 2. The van der Waals surface area contributed by atoms with Crippen LogP contribution in [0, 0.1) is 13.8 Å². The lowest BCUT2D eigenvalue weighted by atomic mass is 10.1. The molecule has 0 fully saturated rings. The van der Waals surface area contributed by atoms with E-state index in [9.17, 15) is 4.79 Å². The second kappa shape index (κ2) is 7.24. The first-order valence-corrected chi connectivity index (χ1v) is 7.02. The van der Waals surface area contributed by atoms with E-state index >= 15 is 0 Å². The molecular weight excluding hydrogens is 270 g/mol. The average molecular weight is 293 g/mol. The molecule has 1 rings (SSSR count). The number of carbonyl (C=O) groups excluding carboxylic acids is 1. The third kappa shape index (κ3) is 5.17. The van der Waals surface area contributed by atoms with E-state index in [-0.39, 0.29) is 5.91 Å². The van der Waals surface area contributed by atoms with Crippen LogP contribution in [0.4, 0.5) is 5.69 Å². The second-order valence-corrected chi connectivity index (χ2v) is 5.76. The summed E-state index contributed by atoms with van der Waals surface area (Å²) in [4.78, 5) is 16.2. The lowest BCUT2D eigenvalue weighted by Gasteiger charge is -2.24. The average Bonchev–Trinajstić information content (AvgIpc) is 2.34. The Hall–Kier alpha value is -1.62. The van der Waals surface area contributed by atoms with Crippen LogP contribution < -0.4 is 10.6 Å². The summed E-state index contributed by atoms with van der Waals surface area (Å²) in [5.74, 6) is 0.0582. The van der Waals surface area contributed by atoms with Crippen LogP contribution in [0.5, 0.6) is 0 Å². The van der Waals surface area contributed by atoms with Crippen LogP contribution in [0.3, 0.4) is 0 Å². The molecule has 0 atom stereocenters. The fraction of sp³-hybridized carbons (Fsp3) is 0.467. The van der Waals surface area contributed by atoms with Crippen molar-refractivity contribution in [2.45, 2.75) is 20.3 Å². The summed E-state index contributed by atoms with van der Waals surface area (Å²) in [6, 6.07) is 6.28. The normalized spacial score (nSPS) is 10.2. The molecule has 0 spiro atoms. The number of nitrogens with two attached hydrogens (primary N) is 1. The molecule has 5 heteroatoms. The van der Waals surface area contributed by atoms with E-state index in [4.69, 9.17) is 18.0 Å². The maximum atomic E-state index is 12.1. The summed E-state index contributed by atoms with van der Waals surface area (Å²) < 4.78 is 0. The number of hydrogen-bond donors (Lipinski definition) is 1. The lowest BCUT2D eigenvalue weighted by Crippen LogP contribution is -2.38. The highest BCUT2D eigenvalue weighted by Crippen LogP contribution is 2.17. The van der Waals surface area contributed by atoms with Crippen LogP contribution in [0.2, 0.25) is 0 Å². The minimum atomic E-state index is 0.0582. The third-order valence-corrected chi connectivity index (χ3v) is 3.34. The van der Waals surface area contributed by atoms with Crippen molar-refractivity contribution in [2.24, 2.45) is 5.73 Å². The number of nitrogens with zero attached hydrogens (tertiary/aromatic N) is 2.